The average molecular weight is 410 g/mol. The standard InChI is InChI=1S/C18H17ClFN3O3S/c1-10-18(27(2,25)26)23-17(21-10)16(11-7-8-13(20)12(19)9-11)22-14-5-3-4-6-15(14)24/h3-9,16,22,24H,1-2H3,(H,21,23)/t16-/m0/s1. The molecule has 1 heterocycles. The third kappa shape index (κ3) is 4.06. The molecule has 0 saturated carbocycles. The van der Waals surface area contributed by atoms with Crippen LogP contribution >= 0.6 is 11.6 Å². The number of nitrogens with one attached hydrogen (secondary N) is 2. The quantitative estimate of drug-likeness (QED) is 0.557. The van der Waals surface area contributed by atoms with Gasteiger partial charge in [0.05, 0.1) is 16.4 Å². The van der Waals surface area contributed by atoms with Crippen LogP contribution in [0.5, 0.6) is 5.75 Å². The number of halogens is 2. The van der Waals surface area contributed by atoms with Crippen LogP contribution in [0.25, 0.3) is 0 Å². The average Bonchev–Trinajstić information content (AvgIpc) is 2.98. The highest BCUT2D eigenvalue weighted by Gasteiger charge is 2.24. The Hall–Kier alpha value is -2.58. The van der Waals surface area contributed by atoms with Crippen molar-refractivity contribution in [2.75, 3.05) is 11.6 Å². The zero-order chi connectivity index (χ0) is 19.8. The Morgan fingerprint density at radius 3 is 2.56 bits per heavy atom. The minimum absolute atomic E-state index is 0.00215. The van der Waals surface area contributed by atoms with E-state index in [0.717, 1.165) is 6.26 Å². The lowest BCUT2D eigenvalue weighted by Gasteiger charge is -2.19. The Bertz CT molecular complexity index is 1100. The highest BCUT2D eigenvalue weighted by molar-refractivity contribution is 7.90. The Morgan fingerprint density at radius 2 is 1.96 bits per heavy atom. The number of phenolic OH excluding ortho intramolecular Hbond substituents is 1. The Balaban J connectivity index is 2.13. The number of imidazole rings is 1. The van der Waals surface area contributed by atoms with Crippen molar-refractivity contribution < 1.29 is 17.9 Å². The smallest absolute Gasteiger partial charge is 0.194 e. The normalized spacial score (nSPS) is 12.7. The summed E-state index contributed by atoms with van der Waals surface area (Å²) >= 11 is 5.91. The van der Waals surface area contributed by atoms with Gasteiger partial charge < -0.3 is 15.4 Å². The lowest BCUT2D eigenvalue weighted by Crippen LogP contribution is -2.14. The number of phenols is 1. The molecule has 3 rings (SSSR count). The van der Waals surface area contributed by atoms with Crippen molar-refractivity contribution in [2.45, 2.75) is 18.0 Å². The fraction of sp³-hybridized carbons (Fsp3) is 0.167. The van der Waals surface area contributed by atoms with E-state index in [4.69, 9.17) is 11.6 Å². The molecule has 6 nitrogen and oxygen atoms in total. The molecule has 0 aliphatic carbocycles. The van der Waals surface area contributed by atoms with Gasteiger partial charge in [-0.15, -0.1) is 0 Å². The first kappa shape index (κ1) is 19.2. The van der Waals surface area contributed by atoms with Crippen LogP contribution in [0.15, 0.2) is 47.5 Å². The Morgan fingerprint density at radius 1 is 1.26 bits per heavy atom. The molecule has 0 amide bonds. The van der Waals surface area contributed by atoms with Gasteiger partial charge in [-0.25, -0.2) is 17.8 Å². The molecule has 2 aromatic carbocycles. The first-order chi connectivity index (χ1) is 12.7. The van der Waals surface area contributed by atoms with Gasteiger partial charge in [-0.2, -0.15) is 0 Å². The van der Waals surface area contributed by atoms with Crippen molar-refractivity contribution in [3.8, 4) is 5.75 Å². The van der Waals surface area contributed by atoms with Crippen molar-refractivity contribution in [1.29, 1.82) is 0 Å². The highest BCUT2D eigenvalue weighted by Crippen LogP contribution is 2.32. The maximum Gasteiger partial charge on any atom is 0.194 e. The number of benzene rings is 2. The van der Waals surface area contributed by atoms with E-state index in [1.807, 2.05) is 0 Å². The lowest BCUT2D eigenvalue weighted by atomic mass is 10.1. The van der Waals surface area contributed by atoms with E-state index in [2.05, 4.69) is 15.3 Å². The summed E-state index contributed by atoms with van der Waals surface area (Å²) in [5.74, 6) is -0.282. The molecular formula is C18H17ClFN3O3S. The number of sulfone groups is 1. The summed E-state index contributed by atoms with van der Waals surface area (Å²) in [4.78, 5) is 7.16. The second kappa shape index (κ2) is 7.21. The number of H-pyrrole nitrogens is 1. The molecular weight excluding hydrogens is 393 g/mol. The number of hydrogen-bond donors (Lipinski definition) is 3. The molecule has 0 unspecified atom stereocenters. The van der Waals surface area contributed by atoms with Gasteiger partial charge in [0.15, 0.2) is 14.9 Å². The third-order valence-corrected chi connectivity index (χ3v) is 5.35. The van der Waals surface area contributed by atoms with Crippen LogP contribution in [-0.2, 0) is 9.84 Å². The summed E-state index contributed by atoms with van der Waals surface area (Å²) in [5, 5.41) is 13.0. The lowest BCUT2D eigenvalue weighted by molar-refractivity contribution is 0.476. The van der Waals surface area contributed by atoms with Gasteiger partial charge in [0, 0.05) is 6.26 Å². The van der Waals surface area contributed by atoms with Crippen LogP contribution in [0.1, 0.15) is 23.1 Å². The minimum Gasteiger partial charge on any atom is -0.506 e. The van der Waals surface area contributed by atoms with E-state index < -0.39 is 21.7 Å². The van der Waals surface area contributed by atoms with Crippen LogP contribution in [0.4, 0.5) is 10.1 Å². The van der Waals surface area contributed by atoms with E-state index in [-0.39, 0.29) is 15.8 Å². The molecule has 0 aliphatic rings. The van der Waals surface area contributed by atoms with Crippen LogP contribution in [0, 0.1) is 12.7 Å². The first-order valence-corrected chi connectivity index (χ1v) is 10.2. The number of aromatic nitrogens is 2. The summed E-state index contributed by atoms with van der Waals surface area (Å²) in [7, 11) is -3.53. The van der Waals surface area contributed by atoms with E-state index in [1.54, 1.807) is 25.1 Å². The van der Waals surface area contributed by atoms with Crippen molar-refractivity contribution >= 4 is 27.1 Å². The first-order valence-electron chi connectivity index (χ1n) is 7.93. The van der Waals surface area contributed by atoms with E-state index in [9.17, 15) is 17.9 Å². The molecule has 9 heteroatoms. The largest absolute Gasteiger partial charge is 0.506 e. The maximum absolute atomic E-state index is 13.6. The van der Waals surface area contributed by atoms with Crippen molar-refractivity contribution in [3.05, 3.63) is 70.4 Å². The molecule has 27 heavy (non-hydrogen) atoms. The molecule has 1 atom stereocenters. The minimum atomic E-state index is -3.53. The maximum atomic E-state index is 13.6. The number of rotatable bonds is 5. The number of anilines is 1. The number of para-hydroxylation sites is 2. The summed E-state index contributed by atoms with van der Waals surface area (Å²) in [6.07, 6.45) is 1.07. The Labute approximate surface area is 161 Å². The van der Waals surface area contributed by atoms with Crippen molar-refractivity contribution in [2.24, 2.45) is 0 Å². The second-order valence-electron chi connectivity index (χ2n) is 6.09. The molecule has 0 fully saturated rings. The second-order valence-corrected chi connectivity index (χ2v) is 8.43. The predicted molar refractivity (Wildman–Crippen MR) is 101 cm³/mol. The van der Waals surface area contributed by atoms with Crippen LogP contribution < -0.4 is 5.32 Å². The number of nitrogens with zero attached hydrogens (tertiary/aromatic N) is 1. The Kier molecular flexibility index (Phi) is 5.12. The van der Waals surface area contributed by atoms with Gasteiger partial charge in [0.1, 0.15) is 23.4 Å². The van der Waals surface area contributed by atoms with Gasteiger partial charge in [0.25, 0.3) is 0 Å². The van der Waals surface area contributed by atoms with Gasteiger partial charge in [0.2, 0.25) is 0 Å². The molecule has 0 saturated heterocycles. The van der Waals surface area contributed by atoms with Crippen molar-refractivity contribution in [3.63, 3.8) is 0 Å². The molecule has 1 aromatic heterocycles. The van der Waals surface area contributed by atoms with Gasteiger partial charge in [-0.05, 0) is 36.8 Å². The SMILES string of the molecule is Cc1[nH]c([C@@H](Nc2ccccc2O)c2ccc(F)c(Cl)c2)nc1S(C)(=O)=O. The number of aromatic hydroxyl groups is 1. The van der Waals surface area contributed by atoms with Crippen LogP contribution in [-0.4, -0.2) is 29.7 Å². The summed E-state index contributed by atoms with van der Waals surface area (Å²) in [5.41, 5.74) is 1.32. The third-order valence-electron chi connectivity index (χ3n) is 3.96. The zero-order valence-electron chi connectivity index (χ0n) is 14.5. The van der Waals surface area contributed by atoms with Gasteiger partial charge in [-0.1, -0.05) is 29.8 Å². The fourth-order valence-electron chi connectivity index (χ4n) is 2.72. The molecule has 3 N–H and O–H groups in total. The summed E-state index contributed by atoms with van der Waals surface area (Å²) < 4.78 is 37.4. The van der Waals surface area contributed by atoms with E-state index >= 15 is 0 Å². The molecule has 0 aliphatic heterocycles. The molecule has 0 radical (unpaired) electrons. The monoisotopic (exact) mass is 409 g/mol. The van der Waals surface area contributed by atoms with E-state index in [1.165, 1.54) is 24.3 Å². The molecule has 0 spiro atoms. The topological polar surface area (TPSA) is 95.1 Å². The van der Waals surface area contributed by atoms with Crippen LogP contribution in [0.3, 0.4) is 0 Å². The van der Waals surface area contributed by atoms with Crippen LogP contribution in [0.2, 0.25) is 5.02 Å². The predicted octanol–water partition coefficient (Wildman–Crippen LogP) is 3.82. The summed E-state index contributed by atoms with van der Waals surface area (Å²) in [6.45, 7) is 1.60. The highest BCUT2D eigenvalue weighted by atomic mass is 35.5. The molecule has 3 aromatic rings. The number of hydrogen-bond acceptors (Lipinski definition) is 5. The zero-order valence-corrected chi connectivity index (χ0v) is 16.1. The van der Waals surface area contributed by atoms with Crippen molar-refractivity contribution in [1.82, 2.24) is 9.97 Å². The molecule has 0 bridgehead atoms. The fourth-order valence-corrected chi connectivity index (χ4v) is 3.78. The number of aromatic amines is 1. The van der Waals surface area contributed by atoms with Gasteiger partial charge in [-0.3, -0.25) is 0 Å². The molecule has 142 valence electrons. The number of aryl methyl sites for hydroxylation is 1. The summed E-state index contributed by atoms with van der Waals surface area (Å²) in [6, 6.07) is 10.0. The van der Waals surface area contributed by atoms with Gasteiger partial charge >= 0.3 is 0 Å². The van der Waals surface area contributed by atoms with E-state index in [0.29, 0.717) is 22.8 Å².